The van der Waals surface area contributed by atoms with Gasteiger partial charge in [0.25, 0.3) is 0 Å². The first-order valence-electron chi connectivity index (χ1n) is 9.39. The second kappa shape index (κ2) is 11.5. The van der Waals surface area contributed by atoms with Crippen molar-refractivity contribution in [1.29, 1.82) is 0 Å². The van der Waals surface area contributed by atoms with Gasteiger partial charge in [0.2, 0.25) is 5.91 Å². The molecule has 156 valence electrons. The number of anilines is 2. The molecule has 1 saturated heterocycles. The molecule has 8 heteroatoms. The van der Waals surface area contributed by atoms with Crippen molar-refractivity contribution in [3.05, 3.63) is 54.6 Å². The fraction of sp³-hybridized carbons (Fsp3) is 0.333. The van der Waals surface area contributed by atoms with E-state index in [0.717, 1.165) is 49.3 Å². The van der Waals surface area contributed by atoms with Gasteiger partial charge < -0.3 is 25.2 Å². The third kappa shape index (κ3) is 6.52. The van der Waals surface area contributed by atoms with Crippen LogP contribution in [0.5, 0.6) is 5.75 Å². The maximum Gasteiger partial charge on any atom is 0.243 e. The number of hydrogen-bond acceptors (Lipinski definition) is 4. The van der Waals surface area contributed by atoms with Crippen molar-refractivity contribution in [2.24, 2.45) is 4.99 Å². The summed E-state index contributed by atoms with van der Waals surface area (Å²) in [6.45, 7) is 3.60. The number of nitrogens with zero attached hydrogens (tertiary/aromatic N) is 3. The van der Waals surface area contributed by atoms with Crippen LogP contribution in [0.1, 0.15) is 0 Å². The standard InChI is InChI=1S/C21H27N5O2.HI/c1-22-21(23-16-20(27)24-17-7-4-3-5-8-17)26-13-11-25(12-14-26)18-9-6-10-19(15-18)28-2;/h3-10,15H,11-14,16H2,1-2H3,(H,22,23)(H,24,27);1H. The summed E-state index contributed by atoms with van der Waals surface area (Å²) in [5, 5.41) is 6.03. The van der Waals surface area contributed by atoms with E-state index in [1.54, 1.807) is 14.2 Å². The Morgan fingerprint density at radius 1 is 1.07 bits per heavy atom. The molecule has 3 rings (SSSR count). The molecule has 1 aliphatic rings. The van der Waals surface area contributed by atoms with Gasteiger partial charge in [0, 0.05) is 50.7 Å². The summed E-state index contributed by atoms with van der Waals surface area (Å²) in [5.74, 6) is 1.51. The Bertz CT molecular complexity index is 808. The number of guanidine groups is 1. The second-order valence-corrected chi connectivity index (χ2v) is 6.49. The van der Waals surface area contributed by atoms with Crippen molar-refractivity contribution >= 4 is 47.2 Å². The van der Waals surface area contributed by atoms with Crippen LogP contribution in [0.2, 0.25) is 0 Å². The van der Waals surface area contributed by atoms with Gasteiger partial charge >= 0.3 is 0 Å². The zero-order chi connectivity index (χ0) is 19.8. The number of carbonyl (C=O) groups is 1. The fourth-order valence-electron chi connectivity index (χ4n) is 3.20. The molecule has 2 aromatic carbocycles. The highest BCUT2D eigenvalue weighted by Gasteiger charge is 2.20. The van der Waals surface area contributed by atoms with Gasteiger partial charge in [-0.05, 0) is 24.3 Å². The van der Waals surface area contributed by atoms with E-state index in [2.05, 4.69) is 37.6 Å². The molecule has 0 atom stereocenters. The Labute approximate surface area is 189 Å². The number of carbonyl (C=O) groups excluding carboxylic acids is 1. The summed E-state index contributed by atoms with van der Waals surface area (Å²) in [6.07, 6.45) is 0. The lowest BCUT2D eigenvalue weighted by Gasteiger charge is -2.37. The van der Waals surface area contributed by atoms with Crippen LogP contribution in [0.3, 0.4) is 0 Å². The number of ether oxygens (including phenoxy) is 1. The Morgan fingerprint density at radius 3 is 2.45 bits per heavy atom. The van der Waals surface area contributed by atoms with Crippen LogP contribution in [0.15, 0.2) is 59.6 Å². The molecule has 0 unspecified atom stereocenters. The van der Waals surface area contributed by atoms with Gasteiger partial charge in [0.05, 0.1) is 13.7 Å². The van der Waals surface area contributed by atoms with Gasteiger partial charge in [-0.2, -0.15) is 0 Å². The summed E-state index contributed by atoms with van der Waals surface area (Å²) in [5.41, 5.74) is 1.94. The first kappa shape index (κ1) is 22.8. The number of aliphatic imine (C=N–C) groups is 1. The number of para-hydroxylation sites is 1. The number of piperazine rings is 1. The summed E-state index contributed by atoms with van der Waals surface area (Å²) in [7, 11) is 3.42. The number of nitrogens with one attached hydrogen (secondary N) is 2. The van der Waals surface area contributed by atoms with E-state index >= 15 is 0 Å². The fourth-order valence-corrected chi connectivity index (χ4v) is 3.20. The number of hydrogen-bond donors (Lipinski definition) is 2. The second-order valence-electron chi connectivity index (χ2n) is 6.49. The van der Waals surface area contributed by atoms with Crippen molar-refractivity contribution in [1.82, 2.24) is 10.2 Å². The largest absolute Gasteiger partial charge is 0.497 e. The number of benzene rings is 2. The highest BCUT2D eigenvalue weighted by molar-refractivity contribution is 14.0. The first-order valence-corrected chi connectivity index (χ1v) is 9.39. The Balaban J connectivity index is 0.00000300. The van der Waals surface area contributed by atoms with Gasteiger partial charge in [-0.15, -0.1) is 24.0 Å². The van der Waals surface area contributed by atoms with E-state index in [0.29, 0.717) is 0 Å². The molecule has 1 heterocycles. The van der Waals surface area contributed by atoms with Gasteiger partial charge in [0.15, 0.2) is 5.96 Å². The van der Waals surface area contributed by atoms with Gasteiger partial charge in [-0.3, -0.25) is 9.79 Å². The smallest absolute Gasteiger partial charge is 0.243 e. The van der Waals surface area contributed by atoms with Crippen molar-refractivity contribution in [2.45, 2.75) is 0 Å². The predicted octanol–water partition coefficient (Wildman–Crippen LogP) is 2.65. The lowest BCUT2D eigenvalue weighted by molar-refractivity contribution is -0.115. The molecule has 0 radical (unpaired) electrons. The maximum atomic E-state index is 12.1. The zero-order valence-electron chi connectivity index (χ0n) is 16.8. The third-order valence-corrected chi connectivity index (χ3v) is 4.67. The predicted molar refractivity (Wildman–Crippen MR) is 129 cm³/mol. The monoisotopic (exact) mass is 509 g/mol. The minimum Gasteiger partial charge on any atom is -0.497 e. The molecular formula is C21H28IN5O2. The van der Waals surface area contributed by atoms with Crippen molar-refractivity contribution in [2.75, 3.05) is 57.1 Å². The van der Waals surface area contributed by atoms with E-state index in [9.17, 15) is 4.79 Å². The molecule has 0 bridgehead atoms. The molecule has 0 saturated carbocycles. The lowest BCUT2D eigenvalue weighted by Crippen LogP contribution is -2.53. The summed E-state index contributed by atoms with van der Waals surface area (Å²) >= 11 is 0. The topological polar surface area (TPSA) is 69.2 Å². The van der Waals surface area contributed by atoms with Crippen LogP contribution in [-0.2, 0) is 4.79 Å². The minimum atomic E-state index is -0.0950. The number of amides is 1. The van der Waals surface area contributed by atoms with Gasteiger partial charge in [-0.25, -0.2) is 0 Å². The SMILES string of the molecule is CN=C(NCC(=O)Nc1ccccc1)N1CCN(c2cccc(OC)c2)CC1.I. The van der Waals surface area contributed by atoms with Crippen LogP contribution in [0.4, 0.5) is 11.4 Å². The maximum absolute atomic E-state index is 12.1. The van der Waals surface area contributed by atoms with Crippen molar-refractivity contribution < 1.29 is 9.53 Å². The molecule has 1 amide bonds. The zero-order valence-corrected chi connectivity index (χ0v) is 19.1. The van der Waals surface area contributed by atoms with E-state index in [-0.39, 0.29) is 36.4 Å². The molecule has 1 aliphatic heterocycles. The first-order chi connectivity index (χ1) is 13.7. The molecule has 0 aromatic heterocycles. The van der Waals surface area contributed by atoms with E-state index in [1.807, 2.05) is 42.5 Å². The summed E-state index contributed by atoms with van der Waals surface area (Å²) in [4.78, 5) is 21.0. The molecule has 2 aromatic rings. The highest BCUT2D eigenvalue weighted by atomic mass is 127. The van der Waals surface area contributed by atoms with Crippen molar-refractivity contribution in [3.8, 4) is 5.75 Å². The molecule has 29 heavy (non-hydrogen) atoms. The number of methoxy groups -OCH3 is 1. The quantitative estimate of drug-likeness (QED) is 0.369. The highest BCUT2D eigenvalue weighted by Crippen LogP contribution is 2.22. The summed E-state index contributed by atoms with van der Waals surface area (Å²) in [6, 6.07) is 17.5. The molecule has 7 nitrogen and oxygen atoms in total. The average Bonchev–Trinajstić information content (AvgIpc) is 2.75. The summed E-state index contributed by atoms with van der Waals surface area (Å²) < 4.78 is 5.32. The Morgan fingerprint density at radius 2 is 1.79 bits per heavy atom. The van der Waals surface area contributed by atoms with Crippen LogP contribution in [-0.4, -0.2) is 63.6 Å². The Hall–Kier alpha value is -2.49. The number of halogens is 1. The normalized spacial score (nSPS) is 14.1. The molecule has 0 spiro atoms. The van der Waals surface area contributed by atoms with Gasteiger partial charge in [-0.1, -0.05) is 24.3 Å². The number of rotatable bonds is 5. The Kier molecular flexibility index (Phi) is 9.04. The van der Waals surface area contributed by atoms with E-state index in [4.69, 9.17) is 4.74 Å². The van der Waals surface area contributed by atoms with Crippen LogP contribution in [0.25, 0.3) is 0 Å². The van der Waals surface area contributed by atoms with Gasteiger partial charge in [0.1, 0.15) is 5.75 Å². The lowest BCUT2D eigenvalue weighted by atomic mass is 10.2. The van der Waals surface area contributed by atoms with Crippen LogP contribution >= 0.6 is 24.0 Å². The van der Waals surface area contributed by atoms with Crippen LogP contribution < -0.4 is 20.3 Å². The molecular weight excluding hydrogens is 481 g/mol. The van der Waals surface area contributed by atoms with E-state index < -0.39 is 0 Å². The third-order valence-electron chi connectivity index (χ3n) is 4.67. The molecule has 0 aliphatic carbocycles. The van der Waals surface area contributed by atoms with Crippen LogP contribution in [0, 0.1) is 0 Å². The average molecular weight is 509 g/mol. The molecule has 2 N–H and O–H groups in total. The minimum absolute atomic E-state index is 0. The van der Waals surface area contributed by atoms with E-state index in [1.165, 1.54) is 0 Å². The van der Waals surface area contributed by atoms with Crippen molar-refractivity contribution in [3.63, 3.8) is 0 Å². The molecule has 1 fully saturated rings.